The van der Waals surface area contributed by atoms with E-state index in [0.29, 0.717) is 0 Å². The molecule has 5 nitrogen and oxygen atoms in total. The summed E-state index contributed by atoms with van der Waals surface area (Å²) in [5.74, 6) is -3.46. The van der Waals surface area contributed by atoms with Crippen LogP contribution in [0.5, 0.6) is 5.75 Å². The maximum absolute atomic E-state index is 13.7. The zero-order chi connectivity index (χ0) is 20.8. The fourth-order valence-electron chi connectivity index (χ4n) is 2.46. The van der Waals surface area contributed by atoms with E-state index in [1.807, 2.05) is 0 Å². The molecule has 148 valence electrons. The monoisotopic (exact) mass is 400 g/mol. The molecule has 0 aromatic heterocycles. The summed E-state index contributed by atoms with van der Waals surface area (Å²) in [5, 5.41) is 4.61. The van der Waals surface area contributed by atoms with Crippen LogP contribution >= 0.6 is 0 Å². The van der Waals surface area contributed by atoms with Gasteiger partial charge in [-0.2, -0.15) is 0 Å². The van der Waals surface area contributed by atoms with Gasteiger partial charge in [0.15, 0.2) is 6.61 Å². The first kappa shape index (κ1) is 19.9. The number of hydrogen-bond acceptors (Lipinski definition) is 3. The standard InChI is InChI=1S/C21H15F3N2O3/c22-13-9-10-16(24)18(11-13)26-21(28)14-5-1-4-8-19(14)29-12-20(27)25-17-7-3-2-6-15(17)23/h1-11H,12H2,(H,25,27)(H,26,28). The van der Waals surface area contributed by atoms with Gasteiger partial charge in [0, 0.05) is 6.07 Å². The Morgan fingerprint density at radius 2 is 1.48 bits per heavy atom. The van der Waals surface area contributed by atoms with E-state index in [4.69, 9.17) is 4.74 Å². The Morgan fingerprint density at radius 3 is 2.28 bits per heavy atom. The molecule has 2 amide bonds. The topological polar surface area (TPSA) is 67.4 Å². The third-order valence-electron chi connectivity index (χ3n) is 3.82. The first-order valence-corrected chi connectivity index (χ1v) is 8.46. The first-order valence-electron chi connectivity index (χ1n) is 8.46. The highest BCUT2D eigenvalue weighted by Crippen LogP contribution is 2.22. The van der Waals surface area contributed by atoms with E-state index in [2.05, 4.69) is 10.6 Å². The van der Waals surface area contributed by atoms with Gasteiger partial charge in [0.25, 0.3) is 11.8 Å². The molecule has 0 fully saturated rings. The van der Waals surface area contributed by atoms with Gasteiger partial charge in [0.05, 0.1) is 16.9 Å². The van der Waals surface area contributed by atoms with Gasteiger partial charge < -0.3 is 15.4 Å². The van der Waals surface area contributed by atoms with Gasteiger partial charge in [0.1, 0.15) is 23.2 Å². The van der Waals surface area contributed by atoms with Crippen LogP contribution in [0.2, 0.25) is 0 Å². The molecular formula is C21H15F3N2O3. The average Bonchev–Trinajstić information content (AvgIpc) is 2.71. The molecule has 0 saturated carbocycles. The zero-order valence-electron chi connectivity index (χ0n) is 14.9. The lowest BCUT2D eigenvalue weighted by Gasteiger charge is -2.12. The molecule has 3 rings (SSSR count). The maximum Gasteiger partial charge on any atom is 0.262 e. The Balaban J connectivity index is 1.68. The Labute approximate surface area is 164 Å². The molecule has 0 heterocycles. The number of anilines is 2. The number of amides is 2. The van der Waals surface area contributed by atoms with Crippen molar-refractivity contribution in [3.8, 4) is 5.75 Å². The Bertz CT molecular complexity index is 1060. The molecule has 0 spiro atoms. The smallest absolute Gasteiger partial charge is 0.262 e. The van der Waals surface area contributed by atoms with E-state index < -0.39 is 35.9 Å². The van der Waals surface area contributed by atoms with Gasteiger partial charge in [-0.05, 0) is 36.4 Å². The molecule has 2 N–H and O–H groups in total. The van der Waals surface area contributed by atoms with Crippen LogP contribution in [-0.2, 0) is 4.79 Å². The third-order valence-corrected chi connectivity index (χ3v) is 3.82. The van der Waals surface area contributed by atoms with Crippen molar-refractivity contribution in [2.24, 2.45) is 0 Å². The van der Waals surface area contributed by atoms with Gasteiger partial charge in [-0.1, -0.05) is 24.3 Å². The average molecular weight is 400 g/mol. The minimum Gasteiger partial charge on any atom is -0.483 e. The van der Waals surface area contributed by atoms with Crippen molar-refractivity contribution in [1.29, 1.82) is 0 Å². The fourth-order valence-corrected chi connectivity index (χ4v) is 2.46. The van der Waals surface area contributed by atoms with Crippen molar-refractivity contribution in [1.82, 2.24) is 0 Å². The Kier molecular flexibility index (Phi) is 6.13. The summed E-state index contributed by atoms with van der Waals surface area (Å²) >= 11 is 0. The minimum atomic E-state index is -0.803. The second kappa shape index (κ2) is 8.92. The summed E-state index contributed by atoms with van der Waals surface area (Å²) < 4.78 is 46.0. The summed E-state index contributed by atoms with van der Waals surface area (Å²) in [6.07, 6.45) is 0. The van der Waals surface area contributed by atoms with E-state index in [0.717, 1.165) is 18.2 Å². The number of ether oxygens (including phenoxy) is 1. The van der Waals surface area contributed by atoms with Gasteiger partial charge >= 0.3 is 0 Å². The molecule has 0 atom stereocenters. The van der Waals surface area contributed by atoms with E-state index in [1.54, 1.807) is 18.2 Å². The second-order valence-electron chi connectivity index (χ2n) is 5.89. The molecule has 0 unspecified atom stereocenters. The number of carbonyl (C=O) groups excluding carboxylic acids is 2. The largest absolute Gasteiger partial charge is 0.483 e. The lowest BCUT2D eigenvalue weighted by molar-refractivity contribution is -0.118. The molecule has 8 heteroatoms. The number of nitrogens with one attached hydrogen (secondary N) is 2. The zero-order valence-corrected chi connectivity index (χ0v) is 14.9. The van der Waals surface area contributed by atoms with E-state index >= 15 is 0 Å². The van der Waals surface area contributed by atoms with Gasteiger partial charge in [-0.3, -0.25) is 9.59 Å². The van der Waals surface area contributed by atoms with Crippen LogP contribution in [0.25, 0.3) is 0 Å². The summed E-state index contributed by atoms with van der Waals surface area (Å²) in [4.78, 5) is 24.4. The van der Waals surface area contributed by atoms with Crippen LogP contribution in [0.15, 0.2) is 66.7 Å². The van der Waals surface area contributed by atoms with Crippen LogP contribution in [0.1, 0.15) is 10.4 Å². The van der Waals surface area contributed by atoms with Gasteiger partial charge in [0.2, 0.25) is 0 Å². The van der Waals surface area contributed by atoms with Crippen molar-refractivity contribution in [2.75, 3.05) is 17.2 Å². The van der Waals surface area contributed by atoms with Crippen molar-refractivity contribution in [3.63, 3.8) is 0 Å². The predicted octanol–water partition coefficient (Wildman–Crippen LogP) is 4.37. The van der Waals surface area contributed by atoms with E-state index in [9.17, 15) is 22.8 Å². The number of hydrogen-bond donors (Lipinski definition) is 2. The minimum absolute atomic E-state index is 0.00583. The molecule has 0 saturated heterocycles. The van der Waals surface area contributed by atoms with E-state index in [1.165, 1.54) is 30.3 Å². The van der Waals surface area contributed by atoms with Crippen molar-refractivity contribution in [3.05, 3.63) is 89.7 Å². The first-order chi connectivity index (χ1) is 13.9. The highest BCUT2D eigenvalue weighted by molar-refractivity contribution is 6.06. The number of halogens is 3. The Hall–Kier alpha value is -3.81. The molecule has 0 aliphatic carbocycles. The fraction of sp³-hybridized carbons (Fsp3) is 0.0476. The summed E-state index contributed by atoms with van der Waals surface area (Å²) in [6, 6.07) is 14.2. The second-order valence-corrected chi connectivity index (χ2v) is 5.89. The molecular weight excluding hydrogens is 385 g/mol. The van der Waals surface area contributed by atoms with Crippen LogP contribution in [0, 0.1) is 17.5 Å². The number of rotatable bonds is 6. The summed E-state index contributed by atoms with van der Waals surface area (Å²) in [7, 11) is 0. The molecule has 0 radical (unpaired) electrons. The van der Waals surface area contributed by atoms with Crippen LogP contribution in [0.3, 0.4) is 0 Å². The van der Waals surface area contributed by atoms with Crippen molar-refractivity contribution in [2.45, 2.75) is 0 Å². The maximum atomic E-state index is 13.7. The number of carbonyl (C=O) groups is 2. The molecule has 29 heavy (non-hydrogen) atoms. The summed E-state index contributed by atoms with van der Waals surface area (Å²) in [5.41, 5.74) is -0.328. The highest BCUT2D eigenvalue weighted by Gasteiger charge is 2.16. The van der Waals surface area contributed by atoms with Crippen molar-refractivity contribution >= 4 is 23.2 Å². The summed E-state index contributed by atoms with van der Waals surface area (Å²) in [6.45, 7) is -0.493. The SMILES string of the molecule is O=C(COc1ccccc1C(=O)Nc1cc(F)ccc1F)Nc1ccccc1F. The van der Waals surface area contributed by atoms with Crippen LogP contribution in [-0.4, -0.2) is 18.4 Å². The third kappa shape index (κ3) is 5.13. The molecule has 0 aliphatic heterocycles. The molecule has 0 bridgehead atoms. The predicted molar refractivity (Wildman–Crippen MR) is 101 cm³/mol. The number of benzene rings is 3. The Morgan fingerprint density at radius 1 is 0.793 bits per heavy atom. The highest BCUT2D eigenvalue weighted by atomic mass is 19.1. The van der Waals surface area contributed by atoms with Crippen LogP contribution < -0.4 is 15.4 Å². The van der Waals surface area contributed by atoms with Gasteiger partial charge in [-0.25, -0.2) is 13.2 Å². The van der Waals surface area contributed by atoms with E-state index in [-0.39, 0.29) is 22.7 Å². The lowest BCUT2D eigenvalue weighted by atomic mass is 10.2. The lowest BCUT2D eigenvalue weighted by Crippen LogP contribution is -2.22. The molecule has 3 aromatic rings. The van der Waals surface area contributed by atoms with Crippen LogP contribution in [0.4, 0.5) is 24.5 Å². The molecule has 3 aromatic carbocycles. The normalized spacial score (nSPS) is 10.3. The van der Waals surface area contributed by atoms with Crippen molar-refractivity contribution < 1.29 is 27.5 Å². The van der Waals surface area contributed by atoms with Gasteiger partial charge in [-0.15, -0.1) is 0 Å². The molecule has 0 aliphatic rings. The number of para-hydroxylation sites is 2. The quantitative estimate of drug-likeness (QED) is 0.646.